The van der Waals surface area contributed by atoms with E-state index in [1.165, 1.54) is 0 Å². The van der Waals surface area contributed by atoms with E-state index in [4.69, 9.17) is 25.9 Å². The normalized spacial score (nSPS) is 15.2. The first-order chi connectivity index (χ1) is 30.3. The van der Waals surface area contributed by atoms with Crippen LogP contribution in [0.3, 0.4) is 0 Å². The first-order valence-corrected chi connectivity index (χ1v) is 16.2. The molecule has 0 aliphatic carbocycles. The van der Waals surface area contributed by atoms with Gasteiger partial charge in [-0.15, -0.1) is 0 Å². The molecule has 0 saturated carbocycles. The summed E-state index contributed by atoms with van der Waals surface area (Å²) in [5, 5.41) is 3.06. The molecule has 0 N–H and O–H groups in total. The number of aromatic nitrogens is 6. The monoisotopic (exact) mass is 664 g/mol. The molecule has 7 aromatic carbocycles. The van der Waals surface area contributed by atoms with Crippen molar-refractivity contribution >= 4 is 65.4 Å². The summed E-state index contributed by atoms with van der Waals surface area (Å²) in [5.74, 6) is -0.0882. The predicted molar refractivity (Wildman–Crippen MR) is 208 cm³/mol. The smallest absolute Gasteiger partial charge is 0.240 e. The number of rotatable bonds is 4. The Morgan fingerprint density at radius 1 is 0.353 bits per heavy atom. The number of para-hydroxylation sites is 7. The highest BCUT2D eigenvalue weighted by molar-refractivity contribution is 6.11. The molecule has 51 heavy (non-hydrogen) atoms. The van der Waals surface area contributed by atoms with Crippen LogP contribution < -0.4 is 0 Å². The van der Waals surface area contributed by atoms with E-state index in [1.807, 2.05) is 106 Å². The minimum Gasteiger partial charge on any atom is -0.309 e. The molecule has 0 saturated heterocycles. The van der Waals surface area contributed by atoms with Crippen molar-refractivity contribution in [2.24, 2.45) is 0 Å². The molecule has 0 bridgehead atoms. The van der Waals surface area contributed by atoms with Crippen LogP contribution >= 0.6 is 0 Å². The number of hydrogen-bond donors (Lipinski definition) is 0. The first-order valence-electron chi connectivity index (χ1n) is 22.2. The molecular formula is C45H28N6. The molecule has 11 rings (SSSR count). The topological polar surface area (TPSA) is 53.5 Å². The fraction of sp³-hybridized carbons (Fsp3) is 0. The summed E-state index contributed by atoms with van der Waals surface area (Å²) in [5.41, 5.74) is 1.56. The van der Waals surface area contributed by atoms with Crippen LogP contribution in [0.2, 0.25) is 0 Å². The van der Waals surface area contributed by atoms with Gasteiger partial charge in [-0.2, -0.15) is 15.0 Å². The van der Waals surface area contributed by atoms with E-state index in [-0.39, 0.29) is 45.1 Å². The maximum absolute atomic E-state index is 9.57. The van der Waals surface area contributed by atoms with Gasteiger partial charge in [-0.25, -0.2) is 0 Å². The quantitative estimate of drug-likeness (QED) is 0.188. The van der Waals surface area contributed by atoms with Crippen LogP contribution in [0.4, 0.5) is 0 Å². The third-order valence-corrected chi connectivity index (χ3v) is 9.32. The molecule has 0 radical (unpaired) electrons. The van der Waals surface area contributed by atoms with Crippen LogP contribution in [0.5, 0.6) is 0 Å². The van der Waals surface area contributed by atoms with Crippen molar-refractivity contribution in [1.82, 2.24) is 28.7 Å². The number of fused-ring (bicyclic) bond motifs is 9. The van der Waals surface area contributed by atoms with Crippen LogP contribution in [0.1, 0.15) is 16.4 Å². The van der Waals surface area contributed by atoms with E-state index in [0.717, 1.165) is 48.2 Å². The lowest BCUT2D eigenvalue weighted by atomic mass is 10.1. The van der Waals surface area contributed by atoms with Gasteiger partial charge in [0.15, 0.2) is 5.82 Å². The predicted octanol–water partition coefficient (Wildman–Crippen LogP) is 10.8. The fourth-order valence-electron chi connectivity index (χ4n) is 7.22. The van der Waals surface area contributed by atoms with E-state index in [1.54, 1.807) is 0 Å². The Morgan fingerprint density at radius 3 is 1.22 bits per heavy atom. The number of hydrogen-bond acceptors (Lipinski definition) is 3. The molecule has 0 fully saturated rings. The van der Waals surface area contributed by atoms with Crippen molar-refractivity contribution in [2.75, 3.05) is 0 Å². The molecule has 4 aromatic heterocycles. The molecule has 4 heterocycles. The van der Waals surface area contributed by atoms with Gasteiger partial charge in [-0.3, -0.25) is 9.13 Å². The van der Waals surface area contributed by atoms with Gasteiger partial charge in [0.05, 0.1) is 55.2 Å². The molecule has 6 heteroatoms. The summed E-state index contributed by atoms with van der Waals surface area (Å²) in [6.07, 6.45) is 0. The third kappa shape index (κ3) is 4.01. The second kappa shape index (κ2) is 10.7. The maximum atomic E-state index is 9.57. The highest BCUT2D eigenvalue weighted by Gasteiger charge is 2.22. The summed E-state index contributed by atoms with van der Waals surface area (Å²) in [6, 6.07) is 22.9. The summed E-state index contributed by atoms with van der Waals surface area (Å²) in [4.78, 5) is 15.2. The molecule has 238 valence electrons. The maximum Gasteiger partial charge on any atom is 0.240 e. The minimum atomic E-state index is -0.713. The van der Waals surface area contributed by atoms with Crippen molar-refractivity contribution < 1.29 is 16.4 Å². The molecule has 0 aliphatic heterocycles. The SMILES string of the molecule is [2H]c1c([2H])c([2H])c(-n2c3c([2H])c([2H])c([2H])c([2H])c3c3c([2H])c([2H])c([2H])c([2H])c32)c(-c2nc(-n3c4ccccc4c4ccccc43)nc(-n3c4ccccc4c4ccccc43)n2)c1[2H]. The van der Waals surface area contributed by atoms with Gasteiger partial charge in [-0.1, -0.05) is 121 Å². The molecule has 6 nitrogen and oxygen atoms in total. The van der Waals surface area contributed by atoms with E-state index in [2.05, 4.69) is 0 Å². The van der Waals surface area contributed by atoms with Crippen molar-refractivity contribution in [1.29, 1.82) is 0 Å². The Bertz CT molecular complexity index is 3540. The standard InChI is InChI=1S/C45H28N6/c1-8-22-36-29(15-1)30-16-2-9-23-37(30)49(36)42-28-14-7-21-35(42)43-46-44(50-38-24-10-3-17-31(38)32-18-4-11-25-39(32)50)48-45(47-43)51-40-26-12-5-19-33(40)34-20-6-13-27-41(34)51/h1-28H/i1D,2D,7D,8D,9D,14D,15D,16D,21D,22D,23D,28D. The average Bonchev–Trinajstić information content (AvgIpc) is 3.95. The average molecular weight is 665 g/mol. The zero-order chi connectivity index (χ0) is 43.9. The summed E-state index contributed by atoms with van der Waals surface area (Å²) < 4.78 is 113. The van der Waals surface area contributed by atoms with Gasteiger partial charge < -0.3 is 4.57 Å². The van der Waals surface area contributed by atoms with Gasteiger partial charge >= 0.3 is 0 Å². The van der Waals surface area contributed by atoms with Crippen molar-refractivity contribution in [3.63, 3.8) is 0 Å². The summed E-state index contributed by atoms with van der Waals surface area (Å²) in [7, 11) is 0. The van der Waals surface area contributed by atoms with Crippen LogP contribution in [-0.4, -0.2) is 28.7 Å². The lowest BCUT2D eigenvalue weighted by Gasteiger charge is -2.16. The summed E-state index contributed by atoms with van der Waals surface area (Å²) in [6.45, 7) is 0. The van der Waals surface area contributed by atoms with E-state index in [0.29, 0.717) is 0 Å². The Balaban J connectivity index is 1.37. The van der Waals surface area contributed by atoms with Gasteiger partial charge in [0, 0.05) is 37.9 Å². The van der Waals surface area contributed by atoms with Crippen LogP contribution in [0.15, 0.2) is 170 Å². The molecule has 0 spiro atoms. The lowest BCUT2D eigenvalue weighted by Crippen LogP contribution is -2.11. The van der Waals surface area contributed by atoms with Crippen molar-refractivity contribution in [3.05, 3.63) is 170 Å². The highest BCUT2D eigenvalue weighted by atomic mass is 15.3. The van der Waals surface area contributed by atoms with Crippen LogP contribution in [-0.2, 0) is 0 Å². The molecule has 0 unspecified atom stereocenters. The van der Waals surface area contributed by atoms with Crippen molar-refractivity contribution in [3.8, 4) is 29.0 Å². The lowest BCUT2D eigenvalue weighted by molar-refractivity contribution is 0.892. The largest absolute Gasteiger partial charge is 0.309 e. The zero-order valence-electron chi connectivity index (χ0n) is 38.4. The third-order valence-electron chi connectivity index (χ3n) is 9.32. The zero-order valence-corrected chi connectivity index (χ0v) is 26.4. The number of benzene rings is 7. The van der Waals surface area contributed by atoms with Gasteiger partial charge in [0.2, 0.25) is 11.9 Å². The van der Waals surface area contributed by atoms with E-state index >= 15 is 0 Å². The van der Waals surface area contributed by atoms with Gasteiger partial charge in [-0.05, 0) is 48.4 Å². The second-order valence-corrected chi connectivity index (χ2v) is 12.0. The van der Waals surface area contributed by atoms with Crippen molar-refractivity contribution in [2.45, 2.75) is 0 Å². The second-order valence-electron chi connectivity index (χ2n) is 12.0. The Kier molecular flexibility index (Phi) is 3.92. The minimum absolute atomic E-state index is 0.0821. The Hall–Kier alpha value is -7.05. The molecular weight excluding hydrogens is 625 g/mol. The highest BCUT2D eigenvalue weighted by Crippen LogP contribution is 2.37. The molecule has 0 aliphatic rings. The van der Waals surface area contributed by atoms with Gasteiger partial charge in [0.1, 0.15) is 0 Å². The molecule has 0 amide bonds. The summed E-state index contributed by atoms with van der Waals surface area (Å²) >= 11 is 0. The molecule has 0 atom stereocenters. The first kappa shape index (κ1) is 18.6. The van der Waals surface area contributed by atoms with Crippen LogP contribution in [0, 0.1) is 0 Å². The van der Waals surface area contributed by atoms with E-state index in [9.17, 15) is 5.48 Å². The number of nitrogens with zero attached hydrogens (tertiary/aromatic N) is 6. The van der Waals surface area contributed by atoms with E-state index < -0.39 is 78.2 Å². The Labute approximate surface area is 309 Å². The fourth-order valence-corrected chi connectivity index (χ4v) is 7.22. The van der Waals surface area contributed by atoms with Crippen LogP contribution in [0.25, 0.3) is 94.4 Å². The Morgan fingerprint density at radius 2 is 0.745 bits per heavy atom. The van der Waals surface area contributed by atoms with Gasteiger partial charge in [0.25, 0.3) is 0 Å². The molecule has 11 aromatic rings.